The molecule has 4 rings (SSSR count). The van der Waals surface area contributed by atoms with Crippen molar-refractivity contribution < 1.29 is 14.3 Å². The number of carbonyl (C=O) groups is 2. The van der Waals surface area contributed by atoms with Gasteiger partial charge >= 0.3 is 0 Å². The number of carbonyl (C=O) groups excluding carboxylic acids is 2. The Morgan fingerprint density at radius 3 is 2.89 bits per heavy atom. The first-order valence-electron chi connectivity index (χ1n) is 9.08. The summed E-state index contributed by atoms with van der Waals surface area (Å²) in [6.45, 7) is 1.76. The number of hydrogen-bond acceptors (Lipinski definition) is 6. The second-order valence-corrected chi connectivity index (χ2v) is 7.41. The van der Waals surface area contributed by atoms with Gasteiger partial charge in [-0.05, 0) is 36.6 Å². The molecular weight excluding hydrogens is 376 g/mol. The standard InChI is InChI=1S/C20H20N4O3S/c25-18-11-27-10-16-7-15(9-21-20(16)23-18)1-2-19(26)24-5-3-14(4-6-24)8-17-12-28-13-22-17/h1-2,7-9,12-13H,3-6,10-11H2,(H,21,23,25)/b2-1+. The lowest BCUT2D eigenvalue weighted by Crippen LogP contribution is -2.35. The van der Waals surface area contributed by atoms with Crippen LogP contribution in [0.3, 0.4) is 0 Å². The number of thiazole rings is 1. The number of fused-ring (bicyclic) bond motifs is 1. The predicted molar refractivity (Wildman–Crippen MR) is 107 cm³/mol. The Bertz CT molecular complexity index is 927. The minimum absolute atomic E-state index is 0.00722. The molecule has 0 unspecified atom stereocenters. The zero-order valence-corrected chi connectivity index (χ0v) is 16.1. The summed E-state index contributed by atoms with van der Waals surface area (Å²) in [5.74, 6) is 0.298. The van der Waals surface area contributed by atoms with Crippen molar-refractivity contribution in [2.75, 3.05) is 25.0 Å². The van der Waals surface area contributed by atoms with Gasteiger partial charge in [-0.3, -0.25) is 9.59 Å². The van der Waals surface area contributed by atoms with E-state index >= 15 is 0 Å². The normalized spacial score (nSPS) is 17.2. The molecule has 144 valence electrons. The molecule has 2 aromatic heterocycles. The highest BCUT2D eigenvalue weighted by Gasteiger charge is 2.18. The van der Waals surface area contributed by atoms with Gasteiger partial charge in [-0.15, -0.1) is 11.3 Å². The largest absolute Gasteiger partial charge is 0.367 e. The Balaban J connectivity index is 1.36. The highest BCUT2D eigenvalue weighted by Crippen LogP contribution is 2.21. The zero-order valence-electron chi connectivity index (χ0n) is 15.3. The average molecular weight is 396 g/mol. The van der Waals surface area contributed by atoms with Gasteiger partial charge in [0.15, 0.2) is 0 Å². The van der Waals surface area contributed by atoms with Crippen molar-refractivity contribution in [1.29, 1.82) is 0 Å². The third kappa shape index (κ3) is 4.52. The number of nitrogens with one attached hydrogen (secondary N) is 1. The molecule has 0 saturated carbocycles. The van der Waals surface area contributed by atoms with E-state index in [0.29, 0.717) is 25.5 Å². The van der Waals surface area contributed by atoms with Gasteiger partial charge in [-0.2, -0.15) is 0 Å². The Hall–Kier alpha value is -2.84. The van der Waals surface area contributed by atoms with Crippen LogP contribution in [0.5, 0.6) is 0 Å². The van der Waals surface area contributed by atoms with Crippen LogP contribution in [-0.4, -0.2) is 46.4 Å². The van der Waals surface area contributed by atoms with Crippen molar-refractivity contribution in [3.05, 3.63) is 51.6 Å². The Labute approximate surface area is 166 Å². The summed E-state index contributed by atoms with van der Waals surface area (Å²) in [7, 11) is 0. The fourth-order valence-corrected chi connectivity index (χ4v) is 3.71. The quantitative estimate of drug-likeness (QED) is 0.807. The molecule has 0 radical (unpaired) electrons. The SMILES string of the molecule is O=C1COCc2cc(/C=C/C(=O)N3CCC(=Cc4cscn4)CC3)cnc2N1. The highest BCUT2D eigenvalue weighted by atomic mass is 32.1. The molecule has 1 N–H and O–H groups in total. The lowest BCUT2D eigenvalue weighted by Gasteiger charge is -2.27. The van der Waals surface area contributed by atoms with Gasteiger partial charge in [0, 0.05) is 36.3 Å². The molecule has 7 nitrogen and oxygen atoms in total. The van der Waals surface area contributed by atoms with Gasteiger partial charge in [0.1, 0.15) is 12.4 Å². The first-order valence-corrected chi connectivity index (χ1v) is 10.0. The summed E-state index contributed by atoms with van der Waals surface area (Å²) in [5, 5.41) is 4.73. The van der Waals surface area contributed by atoms with Crippen molar-refractivity contribution in [2.24, 2.45) is 0 Å². The van der Waals surface area contributed by atoms with Crippen LogP contribution in [0.25, 0.3) is 12.2 Å². The molecule has 0 aliphatic carbocycles. The average Bonchev–Trinajstić information content (AvgIpc) is 3.14. The Morgan fingerprint density at radius 1 is 1.25 bits per heavy atom. The lowest BCUT2D eigenvalue weighted by atomic mass is 10.0. The molecule has 0 spiro atoms. The minimum atomic E-state index is -0.210. The van der Waals surface area contributed by atoms with Crippen LogP contribution in [0, 0.1) is 0 Å². The number of likely N-dealkylation sites (tertiary alicyclic amines) is 1. The van der Waals surface area contributed by atoms with Gasteiger partial charge in [0.05, 0.1) is 17.8 Å². The monoisotopic (exact) mass is 396 g/mol. The molecule has 0 aromatic carbocycles. The summed E-state index contributed by atoms with van der Waals surface area (Å²) in [6, 6.07) is 1.88. The molecule has 1 saturated heterocycles. The molecular formula is C20H20N4O3S. The molecule has 0 atom stereocenters. The fraction of sp³-hybridized carbons (Fsp3) is 0.300. The van der Waals surface area contributed by atoms with Crippen LogP contribution in [0.2, 0.25) is 0 Å². The van der Waals surface area contributed by atoms with E-state index in [1.807, 2.05) is 21.9 Å². The van der Waals surface area contributed by atoms with Crippen LogP contribution >= 0.6 is 11.3 Å². The predicted octanol–water partition coefficient (Wildman–Crippen LogP) is 2.73. The number of hydrogen-bond donors (Lipinski definition) is 1. The molecule has 2 aliphatic rings. The van der Waals surface area contributed by atoms with Crippen LogP contribution in [-0.2, 0) is 20.9 Å². The van der Waals surface area contributed by atoms with E-state index in [-0.39, 0.29) is 18.4 Å². The van der Waals surface area contributed by atoms with Gasteiger partial charge < -0.3 is 15.0 Å². The van der Waals surface area contributed by atoms with Crippen molar-refractivity contribution in [1.82, 2.24) is 14.9 Å². The van der Waals surface area contributed by atoms with E-state index < -0.39 is 0 Å². The topological polar surface area (TPSA) is 84.4 Å². The minimum Gasteiger partial charge on any atom is -0.367 e. The maximum atomic E-state index is 12.5. The molecule has 4 heterocycles. The number of ether oxygens (including phenoxy) is 1. The summed E-state index contributed by atoms with van der Waals surface area (Å²) >= 11 is 1.58. The Kier molecular flexibility index (Phi) is 5.59. The van der Waals surface area contributed by atoms with E-state index in [4.69, 9.17) is 4.74 Å². The lowest BCUT2D eigenvalue weighted by molar-refractivity contribution is -0.126. The number of anilines is 1. The number of rotatable bonds is 3. The van der Waals surface area contributed by atoms with Crippen LogP contribution in [0.15, 0.2) is 34.8 Å². The second-order valence-electron chi connectivity index (χ2n) is 6.69. The molecule has 28 heavy (non-hydrogen) atoms. The van der Waals surface area contributed by atoms with E-state index in [2.05, 4.69) is 21.4 Å². The first-order chi connectivity index (χ1) is 13.7. The summed E-state index contributed by atoms with van der Waals surface area (Å²) in [5.41, 5.74) is 5.75. The van der Waals surface area contributed by atoms with Crippen LogP contribution in [0.4, 0.5) is 5.82 Å². The second kappa shape index (κ2) is 8.45. The van der Waals surface area contributed by atoms with Crippen LogP contribution < -0.4 is 5.32 Å². The molecule has 1 fully saturated rings. The Morgan fingerprint density at radius 2 is 2.11 bits per heavy atom. The number of aromatic nitrogens is 2. The van der Waals surface area contributed by atoms with Gasteiger partial charge in [0.2, 0.25) is 5.91 Å². The number of piperidine rings is 1. The van der Waals surface area contributed by atoms with E-state index in [9.17, 15) is 9.59 Å². The van der Waals surface area contributed by atoms with Crippen LogP contribution in [0.1, 0.15) is 29.7 Å². The molecule has 2 aromatic rings. The smallest absolute Gasteiger partial charge is 0.251 e. The van der Waals surface area contributed by atoms with Gasteiger partial charge in [-0.1, -0.05) is 5.57 Å². The van der Waals surface area contributed by atoms with Gasteiger partial charge in [-0.25, -0.2) is 9.97 Å². The van der Waals surface area contributed by atoms with Crippen molar-refractivity contribution in [3.63, 3.8) is 0 Å². The maximum absolute atomic E-state index is 12.5. The molecule has 8 heteroatoms. The molecule has 2 amide bonds. The third-order valence-electron chi connectivity index (χ3n) is 4.68. The summed E-state index contributed by atoms with van der Waals surface area (Å²) < 4.78 is 5.30. The number of amides is 2. The highest BCUT2D eigenvalue weighted by molar-refractivity contribution is 7.07. The third-order valence-corrected chi connectivity index (χ3v) is 5.28. The van der Waals surface area contributed by atoms with Crippen molar-refractivity contribution >= 4 is 41.1 Å². The fourth-order valence-electron chi connectivity index (χ4n) is 3.20. The first kappa shape index (κ1) is 18.5. The maximum Gasteiger partial charge on any atom is 0.251 e. The van der Waals surface area contributed by atoms with Crippen molar-refractivity contribution in [3.8, 4) is 0 Å². The van der Waals surface area contributed by atoms with Gasteiger partial charge in [0.25, 0.3) is 5.91 Å². The molecule has 0 bridgehead atoms. The van der Waals surface area contributed by atoms with E-state index in [1.54, 1.807) is 29.7 Å². The van der Waals surface area contributed by atoms with Crippen molar-refractivity contribution in [2.45, 2.75) is 19.4 Å². The van der Waals surface area contributed by atoms with E-state index in [0.717, 1.165) is 29.7 Å². The summed E-state index contributed by atoms with van der Waals surface area (Å²) in [6.07, 6.45) is 8.83. The van der Waals surface area contributed by atoms with E-state index in [1.165, 1.54) is 5.57 Å². The number of pyridine rings is 1. The summed E-state index contributed by atoms with van der Waals surface area (Å²) in [4.78, 5) is 34.4. The zero-order chi connectivity index (χ0) is 19.3. The number of nitrogens with zero attached hydrogens (tertiary/aromatic N) is 3. The molecule has 2 aliphatic heterocycles.